The van der Waals surface area contributed by atoms with Gasteiger partial charge in [-0.3, -0.25) is 4.79 Å². The van der Waals surface area contributed by atoms with Crippen LogP contribution in [-0.4, -0.2) is 34.1 Å². The molecule has 2 heterocycles. The van der Waals surface area contributed by atoms with Crippen LogP contribution in [0.3, 0.4) is 0 Å². The Morgan fingerprint density at radius 2 is 1.92 bits per heavy atom. The van der Waals surface area contributed by atoms with Gasteiger partial charge < -0.3 is 14.7 Å². The minimum absolute atomic E-state index is 0.0733. The molecule has 8 heteroatoms. The quantitative estimate of drug-likeness (QED) is 0.837. The van der Waals surface area contributed by atoms with Crippen LogP contribution in [0.2, 0.25) is 0 Å². The number of nitrogens with zero attached hydrogens (tertiary/aromatic N) is 3. The lowest BCUT2D eigenvalue weighted by molar-refractivity contribution is -0.142. The molecule has 1 aliphatic rings. The van der Waals surface area contributed by atoms with E-state index in [1.807, 2.05) is 0 Å². The van der Waals surface area contributed by atoms with Crippen molar-refractivity contribution in [3.63, 3.8) is 0 Å². The first-order valence-electron chi connectivity index (χ1n) is 7.90. The van der Waals surface area contributed by atoms with Crippen molar-refractivity contribution in [1.82, 2.24) is 9.97 Å². The van der Waals surface area contributed by atoms with Crippen LogP contribution in [0, 0.1) is 17.7 Å². The zero-order valence-electron chi connectivity index (χ0n) is 13.4. The first kappa shape index (κ1) is 17.1. The van der Waals surface area contributed by atoms with Gasteiger partial charge in [0.2, 0.25) is 5.95 Å². The maximum Gasteiger partial charge on any atom is 0.306 e. The normalized spacial score (nSPS) is 15.2. The molecule has 0 saturated carbocycles. The standard InChI is InChI=1S/C17H17F2N3O3/c18-13-3-1-11(2-4-13)10-25-14-9-20-17(21-15(14)19)22-7-5-12(6-8-22)16(23)24/h1-4,9,12H,5-8,10H2,(H,23,24). The summed E-state index contributed by atoms with van der Waals surface area (Å²) in [6, 6.07) is 5.70. The molecule has 1 fully saturated rings. The van der Waals surface area contributed by atoms with E-state index in [2.05, 4.69) is 9.97 Å². The molecular weight excluding hydrogens is 332 g/mol. The summed E-state index contributed by atoms with van der Waals surface area (Å²) in [5.41, 5.74) is 0.695. The van der Waals surface area contributed by atoms with E-state index in [4.69, 9.17) is 9.84 Å². The summed E-state index contributed by atoms with van der Waals surface area (Å²) in [5, 5.41) is 9.00. The van der Waals surface area contributed by atoms with Gasteiger partial charge in [0.25, 0.3) is 5.95 Å². The SMILES string of the molecule is O=C(O)C1CCN(c2ncc(OCc3ccc(F)cc3)c(F)n2)CC1. The van der Waals surface area contributed by atoms with E-state index in [9.17, 15) is 13.6 Å². The number of hydrogen-bond acceptors (Lipinski definition) is 5. The Hall–Kier alpha value is -2.77. The van der Waals surface area contributed by atoms with Crippen molar-refractivity contribution in [2.45, 2.75) is 19.4 Å². The molecule has 0 radical (unpaired) electrons. The summed E-state index contributed by atoms with van der Waals surface area (Å²) >= 11 is 0. The second-order valence-electron chi connectivity index (χ2n) is 5.84. The molecular formula is C17H17F2N3O3. The highest BCUT2D eigenvalue weighted by Crippen LogP contribution is 2.23. The Bertz CT molecular complexity index is 747. The van der Waals surface area contributed by atoms with E-state index in [1.165, 1.54) is 18.3 Å². The molecule has 0 unspecified atom stereocenters. The number of rotatable bonds is 5. The number of carboxylic acids is 1. The number of carbonyl (C=O) groups is 1. The van der Waals surface area contributed by atoms with Crippen molar-refractivity contribution in [1.29, 1.82) is 0 Å². The van der Waals surface area contributed by atoms with Gasteiger partial charge in [0, 0.05) is 13.1 Å². The first-order chi connectivity index (χ1) is 12.0. The third-order valence-electron chi connectivity index (χ3n) is 4.13. The average Bonchev–Trinajstić information content (AvgIpc) is 2.62. The van der Waals surface area contributed by atoms with Gasteiger partial charge in [0.15, 0.2) is 5.75 Å². The topological polar surface area (TPSA) is 75.5 Å². The number of aromatic nitrogens is 2. The first-order valence-corrected chi connectivity index (χ1v) is 7.90. The zero-order chi connectivity index (χ0) is 17.8. The third-order valence-corrected chi connectivity index (χ3v) is 4.13. The Kier molecular flexibility index (Phi) is 5.06. The molecule has 0 aliphatic carbocycles. The monoisotopic (exact) mass is 349 g/mol. The minimum atomic E-state index is -0.809. The molecule has 1 aromatic heterocycles. The average molecular weight is 349 g/mol. The van der Waals surface area contributed by atoms with Crippen LogP contribution in [0.4, 0.5) is 14.7 Å². The van der Waals surface area contributed by atoms with Gasteiger partial charge in [-0.25, -0.2) is 9.37 Å². The summed E-state index contributed by atoms with van der Waals surface area (Å²) in [5.74, 6) is -2.19. The third kappa shape index (κ3) is 4.20. The number of carboxylic acid groups (broad SMARTS) is 1. The lowest BCUT2D eigenvalue weighted by atomic mass is 9.97. The molecule has 1 aliphatic heterocycles. The fourth-order valence-corrected chi connectivity index (χ4v) is 2.66. The van der Waals surface area contributed by atoms with E-state index < -0.39 is 11.9 Å². The van der Waals surface area contributed by atoms with Crippen molar-refractivity contribution >= 4 is 11.9 Å². The predicted molar refractivity (Wildman–Crippen MR) is 85.3 cm³/mol. The van der Waals surface area contributed by atoms with Crippen molar-refractivity contribution in [3.05, 3.63) is 47.8 Å². The zero-order valence-corrected chi connectivity index (χ0v) is 13.4. The summed E-state index contributed by atoms with van der Waals surface area (Å²) in [6.45, 7) is 1.00. The maximum absolute atomic E-state index is 14.1. The van der Waals surface area contributed by atoms with Gasteiger partial charge in [-0.1, -0.05) is 12.1 Å². The van der Waals surface area contributed by atoms with Crippen LogP contribution in [0.1, 0.15) is 18.4 Å². The highest BCUT2D eigenvalue weighted by molar-refractivity contribution is 5.70. The van der Waals surface area contributed by atoms with Gasteiger partial charge >= 0.3 is 5.97 Å². The Labute approximate surface area is 143 Å². The van der Waals surface area contributed by atoms with E-state index in [0.717, 1.165) is 0 Å². The van der Waals surface area contributed by atoms with E-state index in [-0.39, 0.29) is 30.0 Å². The second kappa shape index (κ2) is 7.42. The summed E-state index contributed by atoms with van der Waals surface area (Å²) in [7, 11) is 0. The summed E-state index contributed by atoms with van der Waals surface area (Å²) < 4.78 is 32.3. The molecule has 1 N–H and O–H groups in total. The van der Waals surface area contributed by atoms with E-state index in [1.54, 1.807) is 17.0 Å². The number of ether oxygens (including phenoxy) is 1. The summed E-state index contributed by atoms with van der Waals surface area (Å²) in [4.78, 5) is 20.6. The molecule has 1 aromatic carbocycles. The Morgan fingerprint density at radius 3 is 2.52 bits per heavy atom. The van der Waals surface area contributed by atoms with Crippen LogP contribution >= 0.6 is 0 Å². The fourth-order valence-electron chi connectivity index (χ4n) is 2.66. The molecule has 3 rings (SSSR count). The smallest absolute Gasteiger partial charge is 0.306 e. The lowest BCUT2D eigenvalue weighted by Crippen LogP contribution is -2.37. The lowest BCUT2D eigenvalue weighted by Gasteiger charge is -2.30. The van der Waals surface area contributed by atoms with Gasteiger partial charge in [-0.2, -0.15) is 9.37 Å². The van der Waals surface area contributed by atoms with Crippen LogP contribution in [0.25, 0.3) is 0 Å². The molecule has 25 heavy (non-hydrogen) atoms. The maximum atomic E-state index is 14.1. The molecule has 0 amide bonds. The van der Waals surface area contributed by atoms with Gasteiger partial charge in [-0.15, -0.1) is 0 Å². The molecule has 0 atom stereocenters. The van der Waals surface area contributed by atoms with Crippen molar-refractivity contribution in [2.75, 3.05) is 18.0 Å². The highest BCUT2D eigenvalue weighted by Gasteiger charge is 2.26. The molecule has 6 nitrogen and oxygen atoms in total. The number of anilines is 1. The largest absolute Gasteiger partial charge is 0.483 e. The van der Waals surface area contributed by atoms with E-state index >= 15 is 0 Å². The van der Waals surface area contributed by atoms with Gasteiger partial charge in [-0.05, 0) is 30.5 Å². The number of benzene rings is 1. The van der Waals surface area contributed by atoms with Crippen LogP contribution in [0.5, 0.6) is 5.75 Å². The Morgan fingerprint density at radius 1 is 1.24 bits per heavy atom. The summed E-state index contributed by atoms with van der Waals surface area (Å²) in [6.07, 6.45) is 2.21. The Balaban J connectivity index is 1.61. The second-order valence-corrected chi connectivity index (χ2v) is 5.84. The number of hydrogen-bond donors (Lipinski definition) is 1. The fraction of sp³-hybridized carbons (Fsp3) is 0.353. The van der Waals surface area contributed by atoms with Gasteiger partial charge in [0.1, 0.15) is 12.4 Å². The van der Waals surface area contributed by atoms with Crippen LogP contribution in [0.15, 0.2) is 30.5 Å². The van der Waals surface area contributed by atoms with Gasteiger partial charge in [0.05, 0.1) is 12.1 Å². The number of aliphatic carboxylic acids is 1. The van der Waals surface area contributed by atoms with Crippen molar-refractivity contribution < 1.29 is 23.4 Å². The number of halogens is 2. The highest BCUT2D eigenvalue weighted by atomic mass is 19.1. The molecule has 0 spiro atoms. The van der Waals surface area contributed by atoms with Crippen molar-refractivity contribution in [3.8, 4) is 5.75 Å². The molecule has 132 valence electrons. The minimum Gasteiger partial charge on any atom is -0.483 e. The van der Waals surface area contributed by atoms with E-state index in [0.29, 0.717) is 31.5 Å². The molecule has 2 aromatic rings. The van der Waals surface area contributed by atoms with Crippen LogP contribution < -0.4 is 9.64 Å². The number of piperidine rings is 1. The van der Waals surface area contributed by atoms with Crippen LogP contribution in [-0.2, 0) is 11.4 Å². The molecule has 1 saturated heterocycles. The van der Waals surface area contributed by atoms with Crippen molar-refractivity contribution in [2.24, 2.45) is 5.92 Å². The predicted octanol–water partition coefficient (Wildman–Crippen LogP) is 2.63. The molecule has 0 bridgehead atoms.